The minimum absolute atomic E-state index is 0.0298. The van der Waals surface area contributed by atoms with Crippen molar-refractivity contribution in [1.29, 1.82) is 0 Å². The molecule has 0 saturated heterocycles. The molecule has 92 valence electrons. The topological polar surface area (TPSA) is 38.1 Å². The van der Waals surface area contributed by atoms with E-state index in [9.17, 15) is 4.79 Å². The van der Waals surface area contributed by atoms with Crippen LogP contribution in [-0.2, 0) is 13.5 Å². The van der Waals surface area contributed by atoms with E-state index in [1.54, 1.807) is 24.0 Å². The van der Waals surface area contributed by atoms with Crippen molar-refractivity contribution in [3.8, 4) is 0 Å². The SMILES string of the molecule is Cn1nccc1C(=O)N1CCCc2ccccc21. The summed E-state index contributed by atoms with van der Waals surface area (Å²) < 4.78 is 1.62. The molecule has 1 aliphatic heterocycles. The summed E-state index contributed by atoms with van der Waals surface area (Å²) in [6, 6.07) is 9.88. The molecule has 2 aromatic rings. The molecule has 0 aliphatic carbocycles. The first kappa shape index (κ1) is 11.0. The zero-order chi connectivity index (χ0) is 12.5. The van der Waals surface area contributed by atoms with Crippen molar-refractivity contribution >= 4 is 11.6 Å². The number of amides is 1. The van der Waals surface area contributed by atoms with E-state index in [-0.39, 0.29) is 5.91 Å². The number of benzene rings is 1. The summed E-state index contributed by atoms with van der Waals surface area (Å²) in [6.07, 6.45) is 3.72. The fourth-order valence-electron chi connectivity index (χ4n) is 2.47. The lowest BCUT2D eigenvalue weighted by atomic mass is 10.0. The van der Waals surface area contributed by atoms with Crippen molar-refractivity contribution in [1.82, 2.24) is 9.78 Å². The quantitative estimate of drug-likeness (QED) is 0.766. The molecule has 0 fully saturated rings. The predicted octanol–water partition coefficient (Wildman–Crippen LogP) is 2.01. The van der Waals surface area contributed by atoms with Crippen LogP contribution in [-0.4, -0.2) is 22.2 Å². The number of rotatable bonds is 1. The van der Waals surface area contributed by atoms with Gasteiger partial charge < -0.3 is 4.90 Å². The van der Waals surface area contributed by atoms with Crippen LogP contribution in [0.5, 0.6) is 0 Å². The zero-order valence-electron chi connectivity index (χ0n) is 10.3. The Bertz CT molecular complexity index is 588. The Kier molecular flexibility index (Phi) is 2.63. The number of hydrogen-bond acceptors (Lipinski definition) is 2. The van der Waals surface area contributed by atoms with Gasteiger partial charge in [-0.3, -0.25) is 9.48 Å². The lowest BCUT2D eigenvalue weighted by Crippen LogP contribution is -2.36. The smallest absolute Gasteiger partial charge is 0.276 e. The summed E-state index contributed by atoms with van der Waals surface area (Å²) >= 11 is 0. The number of carbonyl (C=O) groups excluding carboxylic acids is 1. The minimum Gasteiger partial charge on any atom is -0.307 e. The summed E-state index contributed by atoms with van der Waals surface area (Å²) in [6.45, 7) is 0.779. The number of fused-ring (bicyclic) bond motifs is 1. The fraction of sp³-hybridized carbons (Fsp3) is 0.286. The number of hydrogen-bond donors (Lipinski definition) is 0. The molecular formula is C14H15N3O. The highest BCUT2D eigenvalue weighted by Crippen LogP contribution is 2.27. The molecule has 1 aliphatic rings. The lowest BCUT2D eigenvalue weighted by Gasteiger charge is -2.29. The number of nitrogens with zero attached hydrogens (tertiary/aromatic N) is 3. The number of aromatic nitrogens is 2. The summed E-state index contributed by atoms with van der Waals surface area (Å²) in [5.41, 5.74) is 2.92. The maximum absolute atomic E-state index is 12.5. The van der Waals surface area contributed by atoms with Gasteiger partial charge in [-0.25, -0.2) is 0 Å². The molecule has 0 atom stereocenters. The van der Waals surface area contributed by atoms with Crippen LogP contribution < -0.4 is 4.90 Å². The van der Waals surface area contributed by atoms with E-state index in [4.69, 9.17) is 0 Å². The first-order valence-electron chi connectivity index (χ1n) is 6.15. The molecule has 3 rings (SSSR count). The predicted molar refractivity (Wildman–Crippen MR) is 69.6 cm³/mol. The van der Waals surface area contributed by atoms with E-state index in [1.807, 2.05) is 23.1 Å². The van der Waals surface area contributed by atoms with Gasteiger partial charge >= 0.3 is 0 Å². The third-order valence-corrected chi connectivity index (χ3v) is 3.40. The van der Waals surface area contributed by atoms with Crippen LogP contribution in [0.4, 0.5) is 5.69 Å². The van der Waals surface area contributed by atoms with Gasteiger partial charge in [-0.15, -0.1) is 0 Å². The summed E-state index contributed by atoms with van der Waals surface area (Å²) in [5.74, 6) is 0.0298. The maximum atomic E-state index is 12.5. The highest BCUT2D eigenvalue weighted by molar-refractivity contribution is 6.05. The fourth-order valence-corrected chi connectivity index (χ4v) is 2.47. The van der Waals surface area contributed by atoms with Crippen LogP contribution in [0.2, 0.25) is 0 Å². The van der Waals surface area contributed by atoms with Gasteiger partial charge in [-0.2, -0.15) is 5.10 Å². The van der Waals surface area contributed by atoms with Crippen molar-refractivity contribution in [2.75, 3.05) is 11.4 Å². The average molecular weight is 241 g/mol. The standard InChI is InChI=1S/C14H15N3O/c1-16-13(8-9-15-16)14(18)17-10-4-6-11-5-2-3-7-12(11)17/h2-3,5,7-9H,4,6,10H2,1H3. The molecule has 0 unspecified atom stereocenters. The van der Waals surface area contributed by atoms with E-state index in [0.29, 0.717) is 5.69 Å². The molecule has 1 amide bonds. The minimum atomic E-state index is 0.0298. The molecule has 18 heavy (non-hydrogen) atoms. The van der Waals surface area contributed by atoms with Crippen molar-refractivity contribution in [3.05, 3.63) is 47.8 Å². The molecule has 0 saturated carbocycles. The Morgan fingerprint density at radius 1 is 1.28 bits per heavy atom. The Morgan fingerprint density at radius 3 is 2.89 bits per heavy atom. The third-order valence-electron chi connectivity index (χ3n) is 3.40. The third kappa shape index (κ3) is 1.70. The molecule has 4 heteroatoms. The highest BCUT2D eigenvalue weighted by Gasteiger charge is 2.24. The van der Waals surface area contributed by atoms with Crippen molar-refractivity contribution in [2.24, 2.45) is 7.05 Å². The lowest BCUT2D eigenvalue weighted by molar-refractivity contribution is 0.0976. The number of anilines is 1. The van der Waals surface area contributed by atoms with Gasteiger partial charge in [0.1, 0.15) is 5.69 Å². The van der Waals surface area contributed by atoms with Crippen LogP contribution in [0, 0.1) is 0 Å². The summed E-state index contributed by atoms with van der Waals surface area (Å²) in [5, 5.41) is 4.06. The van der Waals surface area contributed by atoms with Crippen LogP contribution in [0.1, 0.15) is 22.5 Å². The number of aryl methyl sites for hydroxylation is 2. The first-order chi connectivity index (χ1) is 8.77. The Hall–Kier alpha value is -2.10. The van der Waals surface area contributed by atoms with E-state index >= 15 is 0 Å². The summed E-state index contributed by atoms with van der Waals surface area (Å²) in [4.78, 5) is 14.4. The number of carbonyl (C=O) groups is 1. The van der Waals surface area contributed by atoms with Gasteiger partial charge in [0.25, 0.3) is 5.91 Å². The highest BCUT2D eigenvalue weighted by atomic mass is 16.2. The van der Waals surface area contributed by atoms with Gasteiger partial charge in [0.2, 0.25) is 0 Å². The van der Waals surface area contributed by atoms with Crippen molar-refractivity contribution in [2.45, 2.75) is 12.8 Å². The van der Waals surface area contributed by atoms with Crippen LogP contribution >= 0.6 is 0 Å². The van der Waals surface area contributed by atoms with Gasteiger partial charge in [0, 0.05) is 25.5 Å². The molecule has 1 aromatic carbocycles. The van der Waals surface area contributed by atoms with Crippen molar-refractivity contribution in [3.63, 3.8) is 0 Å². The van der Waals surface area contributed by atoms with Gasteiger partial charge in [0.05, 0.1) is 0 Å². The van der Waals surface area contributed by atoms with E-state index in [1.165, 1.54) is 5.56 Å². The van der Waals surface area contributed by atoms with Crippen molar-refractivity contribution < 1.29 is 4.79 Å². The molecular weight excluding hydrogens is 226 g/mol. The Balaban J connectivity index is 2.00. The molecule has 1 aromatic heterocycles. The zero-order valence-corrected chi connectivity index (χ0v) is 10.3. The summed E-state index contributed by atoms with van der Waals surface area (Å²) in [7, 11) is 1.79. The average Bonchev–Trinajstić information content (AvgIpc) is 2.83. The Morgan fingerprint density at radius 2 is 2.11 bits per heavy atom. The van der Waals surface area contributed by atoms with E-state index in [0.717, 1.165) is 25.1 Å². The second-order valence-corrected chi connectivity index (χ2v) is 4.53. The second kappa shape index (κ2) is 4.29. The Labute approximate surface area is 106 Å². The monoisotopic (exact) mass is 241 g/mol. The molecule has 0 bridgehead atoms. The molecule has 0 N–H and O–H groups in total. The van der Waals surface area contributed by atoms with E-state index < -0.39 is 0 Å². The van der Waals surface area contributed by atoms with E-state index in [2.05, 4.69) is 11.2 Å². The van der Waals surface area contributed by atoms with Crippen LogP contribution in [0.15, 0.2) is 36.5 Å². The second-order valence-electron chi connectivity index (χ2n) is 4.53. The largest absolute Gasteiger partial charge is 0.307 e. The molecule has 4 nitrogen and oxygen atoms in total. The molecule has 0 radical (unpaired) electrons. The number of para-hydroxylation sites is 1. The van der Waals surface area contributed by atoms with Gasteiger partial charge in [-0.05, 0) is 30.5 Å². The van der Waals surface area contributed by atoms with Gasteiger partial charge in [-0.1, -0.05) is 18.2 Å². The molecule has 0 spiro atoms. The van der Waals surface area contributed by atoms with Crippen LogP contribution in [0.3, 0.4) is 0 Å². The normalized spacial score (nSPS) is 14.4. The molecule has 2 heterocycles. The first-order valence-corrected chi connectivity index (χ1v) is 6.15. The van der Waals surface area contributed by atoms with Gasteiger partial charge in [0.15, 0.2) is 0 Å². The van der Waals surface area contributed by atoms with Crippen LogP contribution in [0.25, 0.3) is 0 Å². The maximum Gasteiger partial charge on any atom is 0.276 e.